The van der Waals surface area contributed by atoms with E-state index in [0.29, 0.717) is 39.6 Å². The highest BCUT2D eigenvalue weighted by molar-refractivity contribution is 6.41. The molecule has 0 spiro atoms. The van der Waals surface area contributed by atoms with Crippen molar-refractivity contribution >= 4 is 52.1 Å². The van der Waals surface area contributed by atoms with Gasteiger partial charge in [0.1, 0.15) is 5.71 Å². The number of aliphatic hydroxyl groups is 1. The van der Waals surface area contributed by atoms with Gasteiger partial charge in [0, 0.05) is 29.1 Å². The number of carbonyl (C=O) groups excluding carboxylic acids is 1. The summed E-state index contributed by atoms with van der Waals surface area (Å²) in [6.07, 6.45) is 1.12. The van der Waals surface area contributed by atoms with Gasteiger partial charge in [-0.25, -0.2) is 5.01 Å². The Kier molecular flexibility index (Phi) is 6.74. The fourth-order valence-corrected chi connectivity index (χ4v) is 4.72. The summed E-state index contributed by atoms with van der Waals surface area (Å²) in [4.78, 5) is 13.1. The normalized spacial score (nSPS) is 24.2. The van der Waals surface area contributed by atoms with E-state index in [-0.39, 0.29) is 17.9 Å². The number of hydrazine groups is 1. The van der Waals surface area contributed by atoms with E-state index >= 15 is 0 Å². The Balaban J connectivity index is 1.67. The summed E-state index contributed by atoms with van der Waals surface area (Å²) >= 11 is 18.6. The fraction of sp³-hybridized carbons (Fsp3) is 0.364. The zero-order valence-electron chi connectivity index (χ0n) is 16.9. The van der Waals surface area contributed by atoms with Crippen LogP contribution in [-0.4, -0.2) is 40.9 Å². The Morgan fingerprint density at radius 1 is 1.13 bits per heavy atom. The molecule has 2 aromatic rings. The van der Waals surface area contributed by atoms with Gasteiger partial charge in [-0.05, 0) is 48.7 Å². The second kappa shape index (κ2) is 9.35. The molecule has 1 fully saturated rings. The summed E-state index contributed by atoms with van der Waals surface area (Å²) in [5, 5.41) is 19.7. The molecule has 0 radical (unpaired) electrons. The summed E-state index contributed by atoms with van der Waals surface area (Å²) in [5.41, 5.74) is 4.92. The van der Waals surface area contributed by atoms with Crippen molar-refractivity contribution in [3.63, 3.8) is 0 Å². The van der Waals surface area contributed by atoms with Crippen molar-refractivity contribution in [2.45, 2.75) is 31.9 Å². The Labute approximate surface area is 196 Å². The van der Waals surface area contributed by atoms with Crippen molar-refractivity contribution in [2.24, 2.45) is 11.0 Å². The molecule has 0 bridgehead atoms. The minimum atomic E-state index is -0.442. The number of piperidine rings is 1. The highest BCUT2D eigenvalue weighted by Gasteiger charge is 2.40. The van der Waals surface area contributed by atoms with Gasteiger partial charge in [-0.1, -0.05) is 53.9 Å². The van der Waals surface area contributed by atoms with Crippen LogP contribution in [0.15, 0.2) is 47.6 Å². The number of anilines is 1. The van der Waals surface area contributed by atoms with Crippen molar-refractivity contribution in [3.05, 3.63) is 63.1 Å². The first kappa shape index (κ1) is 22.4. The first-order valence-electron chi connectivity index (χ1n) is 10.2. The second-order valence-corrected chi connectivity index (χ2v) is 9.17. The van der Waals surface area contributed by atoms with Crippen LogP contribution >= 0.6 is 34.8 Å². The van der Waals surface area contributed by atoms with E-state index in [9.17, 15) is 9.90 Å². The lowest BCUT2D eigenvalue weighted by Crippen LogP contribution is -2.51. The Hall–Kier alpha value is -1.83. The van der Waals surface area contributed by atoms with Crippen LogP contribution < -0.4 is 10.4 Å². The molecule has 2 heterocycles. The van der Waals surface area contributed by atoms with Gasteiger partial charge in [0.15, 0.2) is 0 Å². The first-order chi connectivity index (χ1) is 14.8. The molecule has 164 valence electrons. The number of rotatable bonds is 4. The van der Waals surface area contributed by atoms with E-state index in [4.69, 9.17) is 34.8 Å². The molecule has 3 atom stereocenters. The highest BCUT2D eigenvalue weighted by atomic mass is 35.5. The van der Waals surface area contributed by atoms with Crippen molar-refractivity contribution < 1.29 is 9.90 Å². The molecule has 2 aliphatic heterocycles. The topological polar surface area (TPSA) is 68.2 Å². The van der Waals surface area contributed by atoms with Gasteiger partial charge in [0.25, 0.3) is 5.91 Å². The second-order valence-electron chi connectivity index (χ2n) is 7.89. The monoisotopic (exact) mass is 480 g/mol. The molecule has 2 aliphatic rings. The number of hydrazone groups is 1. The summed E-state index contributed by atoms with van der Waals surface area (Å²) in [6.45, 7) is 3.06. The quantitative estimate of drug-likeness (QED) is 0.665. The summed E-state index contributed by atoms with van der Waals surface area (Å²) in [5.74, 6) is -0.504. The third kappa shape index (κ3) is 4.83. The van der Waals surface area contributed by atoms with Gasteiger partial charge < -0.3 is 5.11 Å². The molecular weight excluding hydrogens is 459 g/mol. The van der Waals surface area contributed by atoms with Crippen molar-refractivity contribution in [2.75, 3.05) is 18.1 Å². The molecule has 1 saturated heterocycles. The predicted octanol–water partition coefficient (Wildman–Crippen LogP) is 4.69. The van der Waals surface area contributed by atoms with Crippen molar-refractivity contribution in [1.82, 2.24) is 10.4 Å². The highest BCUT2D eigenvalue weighted by Crippen LogP contribution is 2.42. The predicted molar refractivity (Wildman–Crippen MR) is 125 cm³/mol. The number of β-amino-alcohol motifs (C(OH)–C–C–N with tert-alkyl or cyclic N) is 1. The van der Waals surface area contributed by atoms with Crippen LogP contribution in [0.4, 0.5) is 5.69 Å². The standard InChI is InChI=1S/C22H23Cl3N4O2/c1-13-20(22(31)27-28-10-2-3-17(30)12-28)26-29(19-9-8-16(24)11-18(19)25)21(13)14-4-6-15(23)7-5-14/h4-9,11,13,17,21,30H,2-3,10,12H2,1H3,(H,27,31). The molecule has 9 heteroatoms. The summed E-state index contributed by atoms with van der Waals surface area (Å²) < 4.78 is 0. The minimum Gasteiger partial charge on any atom is -0.392 e. The maximum Gasteiger partial charge on any atom is 0.282 e. The third-order valence-corrected chi connectivity index (χ3v) is 6.43. The number of carbonyl (C=O) groups is 1. The van der Waals surface area contributed by atoms with Gasteiger partial charge in [0.2, 0.25) is 0 Å². The molecule has 2 N–H and O–H groups in total. The molecule has 0 aliphatic carbocycles. The number of hydrogen-bond donors (Lipinski definition) is 2. The number of halogens is 3. The van der Waals surface area contributed by atoms with E-state index < -0.39 is 6.10 Å². The van der Waals surface area contributed by atoms with Gasteiger partial charge in [0.05, 0.1) is 22.9 Å². The van der Waals surface area contributed by atoms with Crippen molar-refractivity contribution in [3.8, 4) is 0 Å². The van der Waals surface area contributed by atoms with Gasteiger partial charge >= 0.3 is 0 Å². The number of nitrogens with one attached hydrogen (secondary N) is 1. The third-order valence-electron chi connectivity index (χ3n) is 5.64. The van der Waals surface area contributed by atoms with Crippen LogP contribution in [0.3, 0.4) is 0 Å². The number of hydrogen-bond acceptors (Lipinski definition) is 5. The van der Waals surface area contributed by atoms with E-state index in [2.05, 4.69) is 10.5 Å². The largest absolute Gasteiger partial charge is 0.392 e. The van der Waals surface area contributed by atoms with Crippen LogP contribution in [0, 0.1) is 5.92 Å². The maximum absolute atomic E-state index is 13.1. The maximum atomic E-state index is 13.1. The Bertz CT molecular complexity index is 999. The van der Waals surface area contributed by atoms with E-state index in [0.717, 1.165) is 18.4 Å². The van der Waals surface area contributed by atoms with Crippen molar-refractivity contribution in [1.29, 1.82) is 0 Å². The lowest BCUT2D eigenvalue weighted by molar-refractivity contribution is -0.120. The zero-order valence-corrected chi connectivity index (χ0v) is 19.2. The number of nitrogens with zero attached hydrogens (tertiary/aromatic N) is 3. The Morgan fingerprint density at radius 2 is 1.84 bits per heavy atom. The summed E-state index contributed by atoms with van der Waals surface area (Å²) in [7, 11) is 0. The van der Waals surface area contributed by atoms with Gasteiger partial charge in [-0.15, -0.1) is 0 Å². The lowest BCUT2D eigenvalue weighted by Gasteiger charge is -2.30. The minimum absolute atomic E-state index is 0.220. The molecule has 0 saturated carbocycles. The molecule has 3 unspecified atom stereocenters. The average Bonchev–Trinajstić information content (AvgIpc) is 3.06. The molecule has 31 heavy (non-hydrogen) atoms. The zero-order chi connectivity index (χ0) is 22.1. The van der Waals surface area contributed by atoms with Crippen LogP contribution in [0.25, 0.3) is 0 Å². The Morgan fingerprint density at radius 3 is 2.52 bits per heavy atom. The summed E-state index contributed by atoms with van der Waals surface area (Å²) in [6, 6.07) is 12.4. The molecular formula is C22H23Cl3N4O2. The molecule has 2 aromatic carbocycles. The SMILES string of the molecule is CC1C(C(=O)NN2CCCC(O)C2)=NN(c2ccc(Cl)cc2Cl)C1c1ccc(Cl)cc1. The van der Waals surface area contributed by atoms with Crippen LogP contribution in [-0.2, 0) is 4.79 Å². The number of aliphatic hydroxyl groups excluding tert-OH is 1. The van der Waals surface area contributed by atoms with E-state index in [1.807, 2.05) is 31.2 Å². The number of amides is 1. The van der Waals surface area contributed by atoms with E-state index in [1.54, 1.807) is 28.2 Å². The van der Waals surface area contributed by atoms with Crippen LogP contribution in [0.2, 0.25) is 15.1 Å². The molecule has 4 rings (SSSR count). The molecule has 0 aromatic heterocycles. The van der Waals surface area contributed by atoms with E-state index in [1.165, 1.54) is 0 Å². The fourth-order valence-electron chi connectivity index (χ4n) is 4.10. The van der Waals surface area contributed by atoms with Crippen LogP contribution in [0.5, 0.6) is 0 Å². The van der Waals surface area contributed by atoms with Gasteiger partial charge in [-0.2, -0.15) is 5.10 Å². The van der Waals surface area contributed by atoms with Crippen LogP contribution in [0.1, 0.15) is 31.4 Å². The lowest BCUT2D eigenvalue weighted by atomic mass is 9.91. The first-order valence-corrected chi connectivity index (χ1v) is 11.3. The molecule has 1 amide bonds. The molecule has 6 nitrogen and oxygen atoms in total. The average molecular weight is 482 g/mol. The number of benzene rings is 2. The van der Waals surface area contributed by atoms with Gasteiger partial charge in [-0.3, -0.25) is 15.2 Å². The smallest absolute Gasteiger partial charge is 0.282 e.